The molecule has 0 aromatic rings. The lowest BCUT2D eigenvalue weighted by molar-refractivity contribution is 0.187. The van der Waals surface area contributed by atoms with Gasteiger partial charge in [0.1, 0.15) is 4.93 Å². The highest BCUT2D eigenvalue weighted by Crippen LogP contribution is 2.31. The lowest BCUT2D eigenvalue weighted by Crippen LogP contribution is -2.22. The van der Waals surface area contributed by atoms with Crippen LogP contribution in [0.5, 0.6) is 0 Å². The Morgan fingerprint density at radius 2 is 2.40 bits per heavy atom. The predicted molar refractivity (Wildman–Crippen MR) is 46.0 cm³/mol. The van der Waals surface area contributed by atoms with Crippen LogP contribution in [-0.2, 0) is 0 Å². The predicted octanol–water partition coefficient (Wildman–Crippen LogP) is 1.94. The number of aliphatic hydroxyl groups is 1. The molecular formula is C8H12OS. The molecule has 0 spiro atoms. The van der Waals surface area contributed by atoms with Gasteiger partial charge in [0.05, 0.1) is 0 Å². The SMILES string of the molecule is CSC1(O)C=CC=C(C)C1. The van der Waals surface area contributed by atoms with E-state index in [1.807, 2.05) is 31.4 Å². The third kappa shape index (κ3) is 1.64. The van der Waals surface area contributed by atoms with Crippen LogP contribution in [0.3, 0.4) is 0 Å². The van der Waals surface area contributed by atoms with Gasteiger partial charge in [-0.05, 0) is 19.3 Å². The topological polar surface area (TPSA) is 20.2 Å². The van der Waals surface area contributed by atoms with E-state index in [-0.39, 0.29) is 0 Å². The van der Waals surface area contributed by atoms with Crippen LogP contribution in [-0.4, -0.2) is 16.3 Å². The molecule has 1 atom stereocenters. The molecule has 0 heterocycles. The Morgan fingerprint density at radius 3 is 2.80 bits per heavy atom. The molecule has 0 saturated heterocycles. The molecule has 1 aliphatic rings. The minimum Gasteiger partial charge on any atom is -0.376 e. The average Bonchev–Trinajstić information content (AvgIpc) is 1.88. The minimum atomic E-state index is -0.640. The van der Waals surface area contributed by atoms with E-state index in [1.165, 1.54) is 17.3 Å². The van der Waals surface area contributed by atoms with E-state index in [4.69, 9.17) is 0 Å². The molecule has 0 amide bonds. The number of hydrogen-bond donors (Lipinski definition) is 1. The Kier molecular flexibility index (Phi) is 2.21. The molecule has 0 aromatic carbocycles. The Labute approximate surface area is 65.8 Å². The maximum Gasteiger partial charge on any atom is 0.132 e. The summed E-state index contributed by atoms with van der Waals surface area (Å²) in [6, 6.07) is 0. The van der Waals surface area contributed by atoms with Crippen LogP contribution in [0.4, 0.5) is 0 Å². The monoisotopic (exact) mass is 156 g/mol. The van der Waals surface area contributed by atoms with Crippen LogP contribution < -0.4 is 0 Å². The van der Waals surface area contributed by atoms with E-state index in [0.29, 0.717) is 0 Å². The van der Waals surface area contributed by atoms with Crippen molar-refractivity contribution in [2.45, 2.75) is 18.3 Å². The maximum absolute atomic E-state index is 9.69. The van der Waals surface area contributed by atoms with Crippen molar-refractivity contribution in [3.63, 3.8) is 0 Å². The van der Waals surface area contributed by atoms with Crippen molar-refractivity contribution < 1.29 is 5.11 Å². The Bertz CT molecular complexity index is 184. The Morgan fingerprint density at radius 1 is 1.70 bits per heavy atom. The van der Waals surface area contributed by atoms with Gasteiger partial charge < -0.3 is 5.11 Å². The van der Waals surface area contributed by atoms with Gasteiger partial charge in [0, 0.05) is 6.42 Å². The zero-order valence-corrected chi connectivity index (χ0v) is 7.11. The van der Waals surface area contributed by atoms with Crippen LogP contribution in [0.15, 0.2) is 23.8 Å². The highest BCUT2D eigenvalue weighted by Gasteiger charge is 2.23. The highest BCUT2D eigenvalue weighted by atomic mass is 32.2. The molecule has 1 N–H and O–H groups in total. The highest BCUT2D eigenvalue weighted by molar-refractivity contribution is 7.99. The lowest BCUT2D eigenvalue weighted by atomic mass is 10.0. The molecule has 1 nitrogen and oxygen atoms in total. The van der Waals surface area contributed by atoms with Gasteiger partial charge in [-0.1, -0.05) is 17.7 Å². The van der Waals surface area contributed by atoms with Crippen LogP contribution in [0.25, 0.3) is 0 Å². The smallest absolute Gasteiger partial charge is 0.132 e. The van der Waals surface area contributed by atoms with E-state index in [0.717, 1.165) is 6.42 Å². The maximum atomic E-state index is 9.69. The zero-order valence-electron chi connectivity index (χ0n) is 6.29. The molecule has 1 rings (SSSR count). The standard InChI is InChI=1S/C8H12OS/c1-7-4-3-5-8(9,6-7)10-2/h3-5,9H,6H2,1-2H3. The summed E-state index contributed by atoms with van der Waals surface area (Å²) < 4.78 is 0. The second-order valence-corrected chi connectivity index (χ2v) is 3.71. The van der Waals surface area contributed by atoms with Gasteiger partial charge in [0.2, 0.25) is 0 Å². The third-order valence-electron chi connectivity index (χ3n) is 1.62. The van der Waals surface area contributed by atoms with Crippen molar-refractivity contribution in [3.05, 3.63) is 23.8 Å². The van der Waals surface area contributed by atoms with Crippen molar-refractivity contribution in [1.82, 2.24) is 0 Å². The summed E-state index contributed by atoms with van der Waals surface area (Å²) in [7, 11) is 0. The fourth-order valence-corrected chi connectivity index (χ4v) is 1.61. The molecule has 0 aliphatic heterocycles. The van der Waals surface area contributed by atoms with Gasteiger partial charge in [-0.15, -0.1) is 11.8 Å². The summed E-state index contributed by atoms with van der Waals surface area (Å²) in [4.78, 5) is -0.640. The van der Waals surface area contributed by atoms with Gasteiger partial charge in [-0.25, -0.2) is 0 Å². The quantitative estimate of drug-likeness (QED) is 0.585. The first-order chi connectivity index (χ1) is 4.66. The van der Waals surface area contributed by atoms with Crippen molar-refractivity contribution in [2.24, 2.45) is 0 Å². The number of hydrogen-bond acceptors (Lipinski definition) is 2. The summed E-state index contributed by atoms with van der Waals surface area (Å²) >= 11 is 1.48. The first kappa shape index (κ1) is 7.89. The second kappa shape index (κ2) is 2.81. The van der Waals surface area contributed by atoms with Gasteiger partial charge in [-0.2, -0.15) is 0 Å². The summed E-state index contributed by atoms with van der Waals surface area (Å²) in [5.74, 6) is 0. The van der Waals surface area contributed by atoms with Crippen molar-refractivity contribution >= 4 is 11.8 Å². The molecule has 1 unspecified atom stereocenters. The largest absolute Gasteiger partial charge is 0.376 e. The van der Waals surface area contributed by atoms with Crippen molar-refractivity contribution in [1.29, 1.82) is 0 Å². The Hall–Kier alpha value is -0.210. The molecule has 0 radical (unpaired) electrons. The molecule has 56 valence electrons. The fourth-order valence-electron chi connectivity index (χ4n) is 1.02. The van der Waals surface area contributed by atoms with Crippen LogP contribution >= 0.6 is 11.8 Å². The van der Waals surface area contributed by atoms with E-state index in [2.05, 4.69) is 0 Å². The molecule has 0 fully saturated rings. The minimum absolute atomic E-state index is 0.640. The fraction of sp³-hybridized carbons (Fsp3) is 0.500. The second-order valence-electron chi connectivity index (χ2n) is 2.60. The molecule has 10 heavy (non-hydrogen) atoms. The van der Waals surface area contributed by atoms with Crippen molar-refractivity contribution in [2.75, 3.05) is 6.26 Å². The Balaban J connectivity index is 2.71. The van der Waals surface area contributed by atoms with Crippen LogP contribution in [0.2, 0.25) is 0 Å². The summed E-state index contributed by atoms with van der Waals surface area (Å²) in [6.07, 6.45) is 8.46. The van der Waals surface area contributed by atoms with E-state index in [9.17, 15) is 5.11 Å². The zero-order chi connectivity index (χ0) is 7.61. The average molecular weight is 156 g/mol. The van der Waals surface area contributed by atoms with E-state index < -0.39 is 4.93 Å². The summed E-state index contributed by atoms with van der Waals surface area (Å²) in [5, 5.41) is 9.69. The van der Waals surface area contributed by atoms with Gasteiger partial charge in [-0.3, -0.25) is 0 Å². The molecular weight excluding hydrogens is 144 g/mol. The van der Waals surface area contributed by atoms with Crippen molar-refractivity contribution in [3.8, 4) is 0 Å². The number of rotatable bonds is 1. The van der Waals surface area contributed by atoms with Gasteiger partial charge >= 0.3 is 0 Å². The molecule has 0 aromatic heterocycles. The summed E-state index contributed by atoms with van der Waals surface area (Å²) in [5.41, 5.74) is 1.24. The lowest BCUT2D eigenvalue weighted by Gasteiger charge is -2.24. The molecule has 2 heteroatoms. The first-order valence-corrected chi connectivity index (χ1v) is 4.51. The van der Waals surface area contributed by atoms with E-state index in [1.54, 1.807) is 0 Å². The molecule has 0 saturated carbocycles. The molecule has 1 aliphatic carbocycles. The summed E-state index contributed by atoms with van der Waals surface area (Å²) in [6.45, 7) is 2.03. The number of allylic oxidation sites excluding steroid dienone is 2. The van der Waals surface area contributed by atoms with Gasteiger partial charge in [0.25, 0.3) is 0 Å². The van der Waals surface area contributed by atoms with Crippen LogP contribution in [0.1, 0.15) is 13.3 Å². The first-order valence-electron chi connectivity index (χ1n) is 3.29. The van der Waals surface area contributed by atoms with Gasteiger partial charge in [0.15, 0.2) is 0 Å². The normalized spacial score (nSPS) is 32.1. The van der Waals surface area contributed by atoms with E-state index >= 15 is 0 Å². The van der Waals surface area contributed by atoms with Crippen LogP contribution in [0, 0.1) is 0 Å². The third-order valence-corrected chi connectivity index (χ3v) is 2.61. The number of thioether (sulfide) groups is 1. The molecule has 0 bridgehead atoms.